The van der Waals surface area contributed by atoms with Gasteiger partial charge in [-0.1, -0.05) is 13.8 Å². The topological polar surface area (TPSA) is 42.2 Å². The van der Waals surface area contributed by atoms with Crippen molar-refractivity contribution in [3.8, 4) is 0 Å². The van der Waals surface area contributed by atoms with Crippen LogP contribution in [0.3, 0.4) is 0 Å². The van der Waals surface area contributed by atoms with Crippen LogP contribution in [0.1, 0.15) is 25.8 Å². The zero-order valence-electron chi connectivity index (χ0n) is 10.2. The van der Waals surface area contributed by atoms with E-state index in [1.54, 1.807) is 12.3 Å². The van der Waals surface area contributed by atoms with Gasteiger partial charge in [0.2, 0.25) is 0 Å². The van der Waals surface area contributed by atoms with Crippen molar-refractivity contribution < 1.29 is 4.39 Å². The summed E-state index contributed by atoms with van der Waals surface area (Å²) in [5.74, 6) is 0.697. The zero-order chi connectivity index (χ0) is 12.1. The summed E-state index contributed by atoms with van der Waals surface area (Å²) in [5.41, 5.74) is 5.97. The normalized spacial score (nSPS) is 10.9. The predicted molar refractivity (Wildman–Crippen MR) is 64.8 cm³/mol. The van der Waals surface area contributed by atoms with E-state index in [4.69, 9.17) is 5.73 Å². The van der Waals surface area contributed by atoms with Crippen LogP contribution in [0.25, 0.3) is 0 Å². The van der Waals surface area contributed by atoms with Crippen LogP contribution >= 0.6 is 0 Å². The maximum atomic E-state index is 13.9. The number of nitrogens with two attached hydrogens (primary N) is 1. The minimum absolute atomic E-state index is 0.208. The van der Waals surface area contributed by atoms with E-state index in [9.17, 15) is 4.39 Å². The lowest BCUT2D eigenvalue weighted by atomic mass is 10.1. The second kappa shape index (κ2) is 5.80. The summed E-state index contributed by atoms with van der Waals surface area (Å²) in [6, 6.07) is 1.62. The molecule has 0 unspecified atom stereocenters. The van der Waals surface area contributed by atoms with E-state index < -0.39 is 0 Å². The Hall–Kier alpha value is -1.16. The SMILES string of the molecule is CC(C)CCN(C)c1nccc(CN)c1F. The molecule has 1 aromatic rings. The third-order valence-electron chi connectivity index (χ3n) is 2.57. The summed E-state index contributed by atoms with van der Waals surface area (Å²) in [7, 11) is 1.86. The van der Waals surface area contributed by atoms with Gasteiger partial charge >= 0.3 is 0 Å². The predicted octanol–water partition coefficient (Wildman–Crippen LogP) is 2.16. The average Bonchev–Trinajstić information content (AvgIpc) is 2.26. The lowest BCUT2D eigenvalue weighted by Gasteiger charge is -2.20. The first-order valence-electron chi connectivity index (χ1n) is 5.60. The molecular formula is C12H20FN3. The summed E-state index contributed by atoms with van der Waals surface area (Å²) in [5, 5.41) is 0. The summed E-state index contributed by atoms with van der Waals surface area (Å²) >= 11 is 0. The molecule has 16 heavy (non-hydrogen) atoms. The third kappa shape index (κ3) is 3.17. The van der Waals surface area contributed by atoms with E-state index in [2.05, 4.69) is 18.8 Å². The van der Waals surface area contributed by atoms with Crippen molar-refractivity contribution in [1.82, 2.24) is 4.98 Å². The van der Waals surface area contributed by atoms with Gasteiger partial charge in [0, 0.05) is 31.9 Å². The molecule has 2 N–H and O–H groups in total. The maximum absolute atomic E-state index is 13.9. The smallest absolute Gasteiger partial charge is 0.170 e. The molecule has 90 valence electrons. The molecule has 0 aliphatic heterocycles. The highest BCUT2D eigenvalue weighted by atomic mass is 19.1. The lowest BCUT2D eigenvalue weighted by molar-refractivity contribution is 0.565. The summed E-state index contributed by atoms with van der Waals surface area (Å²) in [6.07, 6.45) is 2.62. The van der Waals surface area contributed by atoms with E-state index in [-0.39, 0.29) is 12.4 Å². The first kappa shape index (κ1) is 12.9. The summed E-state index contributed by atoms with van der Waals surface area (Å²) in [4.78, 5) is 5.90. The van der Waals surface area contributed by atoms with Gasteiger partial charge in [-0.25, -0.2) is 9.37 Å². The quantitative estimate of drug-likeness (QED) is 0.835. The van der Waals surface area contributed by atoms with Gasteiger partial charge in [-0.2, -0.15) is 0 Å². The van der Waals surface area contributed by atoms with Crippen LogP contribution in [0.4, 0.5) is 10.2 Å². The van der Waals surface area contributed by atoms with E-state index in [0.717, 1.165) is 13.0 Å². The Morgan fingerprint density at radius 3 is 2.75 bits per heavy atom. The van der Waals surface area contributed by atoms with Gasteiger partial charge in [-0.3, -0.25) is 0 Å². The van der Waals surface area contributed by atoms with E-state index in [0.29, 0.717) is 17.3 Å². The molecule has 0 saturated carbocycles. The van der Waals surface area contributed by atoms with Crippen LogP contribution in [0.15, 0.2) is 12.3 Å². The standard InChI is InChI=1S/C12H20FN3/c1-9(2)5-7-16(3)12-11(13)10(8-14)4-6-15-12/h4,6,9H,5,7-8,14H2,1-3H3. The van der Waals surface area contributed by atoms with Crippen LogP contribution in [-0.2, 0) is 6.54 Å². The minimum Gasteiger partial charge on any atom is -0.357 e. The van der Waals surface area contributed by atoms with Crippen molar-refractivity contribution in [2.45, 2.75) is 26.8 Å². The first-order valence-corrected chi connectivity index (χ1v) is 5.60. The highest BCUT2D eigenvalue weighted by molar-refractivity contribution is 5.42. The Morgan fingerprint density at radius 1 is 1.50 bits per heavy atom. The number of pyridine rings is 1. The molecule has 1 aromatic heterocycles. The van der Waals surface area contributed by atoms with E-state index in [1.165, 1.54) is 0 Å². The van der Waals surface area contributed by atoms with E-state index in [1.807, 2.05) is 11.9 Å². The van der Waals surface area contributed by atoms with Crippen LogP contribution in [-0.4, -0.2) is 18.6 Å². The van der Waals surface area contributed by atoms with Gasteiger partial charge in [-0.15, -0.1) is 0 Å². The van der Waals surface area contributed by atoms with Crippen LogP contribution < -0.4 is 10.6 Å². The number of aromatic nitrogens is 1. The van der Waals surface area contributed by atoms with Gasteiger partial charge in [0.15, 0.2) is 11.6 Å². The number of hydrogen-bond acceptors (Lipinski definition) is 3. The summed E-state index contributed by atoms with van der Waals surface area (Å²) in [6.45, 7) is 5.30. The third-order valence-corrected chi connectivity index (χ3v) is 2.57. The molecule has 0 amide bonds. The van der Waals surface area contributed by atoms with Crippen molar-refractivity contribution >= 4 is 5.82 Å². The second-order valence-electron chi connectivity index (χ2n) is 4.42. The fourth-order valence-electron chi connectivity index (χ4n) is 1.45. The Kier molecular flexibility index (Phi) is 4.68. The van der Waals surface area contributed by atoms with E-state index >= 15 is 0 Å². The zero-order valence-corrected chi connectivity index (χ0v) is 10.2. The van der Waals surface area contributed by atoms with Gasteiger partial charge < -0.3 is 10.6 Å². The molecule has 0 aromatic carbocycles. The molecule has 3 nitrogen and oxygen atoms in total. The first-order chi connectivity index (χ1) is 7.56. The van der Waals surface area contributed by atoms with Crippen molar-refractivity contribution in [3.05, 3.63) is 23.6 Å². The van der Waals surface area contributed by atoms with Crippen molar-refractivity contribution in [2.75, 3.05) is 18.5 Å². The molecule has 4 heteroatoms. The maximum Gasteiger partial charge on any atom is 0.170 e. The van der Waals surface area contributed by atoms with Crippen molar-refractivity contribution in [1.29, 1.82) is 0 Å². The Morgan fingerprint density at radius 2 is 2.19 bits per heavy atom. The van der Waals surface area contributed by atoms with Crippen LogP contribution in [0.2, 0.25) is 0 Å². The minimum atomic E-state index is -0.295. The molecule has 0 aliphatic rings. The lowest BCUT2D eigenvalue weighted by Crippen LogP contribution is -2.23. The Balaban J connectivity index is 2.78. The van der Waals surface area contributed by atoms with Gasteiger partial charge in [-0.05, 0) is 18.4 Å². The van der Waals surface area contributed by atoms with Crippen molar-refractivity contribution in [3.63, 3.8) is 0 Å². The molecule has 0 radical (unpaired) electrons. The molecule has 0 aliphatic carbocycles. The number of hydrogen-bond donors (Lipinski definition) is 1. The van der Waals surface area contributed by atoms with Gasteiger partial charge in [0.1, 0.15) is 0 Å². The second-order valence-corrected chi connectivity index (χ2v) is 4.42. The largest absolute Gasteiger partial charge is 0.357 e. The Bertz CT molecular complexity index is 339. The molecule has 0 saturated heterocycles. The number of rotatable bonds is 5. The fraction of sp³-hybridized carbons (Fsp3) is 0.583. The number of halogens is 1. The number of nitrogens with zero attached hydrogens (tertiary/aromatic N) is 2. The monoisotopic (exact) mass is 225 g/mol. The van der Waals surface area contributed by atoms with Crippen LogP contribution in [0, 0.1) is 11.7 Å². The van der Waals surface area contributed by atoms with Crippen LogP contribution in [0.5, 0.6) is 0 Å². The Labute approximate surface area is 96.5 Å². The molecule has 0 spiro atoms. The molecule has 1 heterocycles. The highest BCUT2D eigenvalue weighted by Gasteiger charge is 2.12. The highest BCUT2D eigenvalue weighted by Crippen LogP contribution is 2.18. The van der Waals surface area contributed by atoms with Crippen molar-refractivity contribution in [2.24, 2.45) is 11.7 Å². The molecule has 0 atom stereocenters. The summed E-state index contributed by atoms with van der Waals surface area (Å²) < 4.78 is 13.9. The fourth-order valence-corrected chi connectivity index (χ4v) is 1.45. The average molecular weight is 225 g/mol. The molecular weight excluding hydrogens is 205 g/mol. The molecule has 0 bridgehead atoms. The molecule has 0 fully saturated rings. The number of anilines is 1. The van der Waals surface area contributed by atoms with Gasteiger partial charge in [0.05, 0.1) is 0 Å². The van der Waals surface area contributed by atoms with Gasteiger partial charge in [0.25, 0.3) is 0 Å². The molecule has 1 rings (SSSR count).